The van der Waals surface area contributed by atoms with E-state index in [1.165, 1.54) is 29.7 Å². The van der Waals surface area contributed by atoms with Gasteiger partial charge in [-0.25, -0.2) is 0 Å². The molecule has 1 aliphatic rings. The van der Waals surface area contributed by atoms with Gasteiger partial charge in [0, 0.05) is 23.6 Å². The van der Waals surface area contributed by atoms with Crippen LogP contribution in [-0.4, -0.2) is 17.8 Å². The number of aliphatic hydroxyl groups is 1. The smallest absolute Gasteiger partial charge is 0.0474 e. The minimum absolute atomic E-state index is 0.327. The quantitative estimate of drug-likeness (QED) is 0.847. The summed E-state index contributed by atoms with van der Waals surface area (Å²) in [4.78, 5) is 1.43. The summed E-state index contributed by atoms with van der Waals surface area (Å²) < 4.78 is 0. The van der Waals surface area contributed by atoms with Crippen molar-refractivity contribution in [2.75, 3.05) is 6.61 Å². The lowest BCUT2D eigenvalue weighted by Gasteiger charge is -2.23. The summed E-state index contributed by atoms with van der Waals surface area (Å²) in [6.07, 6.45) is 3.63. The molecular formula is C13H21NOS. The van der Waals surface area contributed by atoms with E-state index >= 15 is 0 Å². The zero-order valence-electron chi connectivity index (χ0n) is 10.1. The van der Waals surface area contributed by atoms with E-state index < -0.39 is 0 Å². The van der Waals surface area contributed by atoms with Crippen LogP contribution < -0.4 is 5.32 Å². The van der Waals surface area contributed by atoms with Crippen molar-refractivity contribution in [1.29, 1.82) is 0 Å². The molecule has 0 unspecified atom stereocenters. The van der Waals surface area contributed by atoms with E-state index in [2.05, 4.69) is 30.6 Å². The van der Waals surface area contributed by atoms with Gasteiger partial charge in [0.1, 0.15) is 0 Å². The summed E-state index contributed by atoms with van der Waals surface area (Å²) in [7, 11) is 0. The maximum Gasteiger partial charge on any atom is 0.0474 e. The van der Waals surface area contributed by atoms with Crippen molar-refractivity contribution in [3.63, 3.8) is 0 Å². The Bertz CT molecular complexity index is 336. The van der Waals surface area contributed by atoms with E-state index in [0.717, 1.165) is 0 Å². The second-order valence-corrected chi connectivity index (χ2v) is 5.78. The average molecular weight is 239 g/mol. The summed E-state index contributed by atoms with van der Waals surface area (Å²) >= 11 is 1.82. The molecule has 1 aliphatic carbocycles. The molecule has 16 heavy (non-hydrogen) atoms. The maximum absolute atomic E-state index is 9.30. The van der Waals surface area contributed by atoms with Gasteiger partial charge in [0.05, 0.1) is 0 Å². The highest BCUT2D eigenvalue weighted by Gasteiger charge is 2.28. The molecule has 2 nitrogen and oxygen atoms in total. The van der Waals surface area contributed by atoms with Gasteiger partial charge in [0.15, 0.2) is 0 Å². The van der Waals surface area contributed by atoms with Crippen LogP contribution in [0.3, 0.4) is 0 Å². The Morgan fingerprint density at radius 3 is 3.00 bits per heavy atom. The molecule has 3 atom stereocenters. The van der Waals surface area contributed by atoms with Crippen molar-refractivity contribution in [3.05, 3.63) is 21.9 Å². The largest absolute Gasteiger partial charge is 0.396 e. The lowest BCUT2D eigenvalue weighted by Crippen LogP contribution is -2.35. The maximum atomic E-state index is 9.30. The van der Waals surface area contributed by atoms with Crippen LogP contribution >= 0.6 is 11.3 Å². The van der Waals surface area contributed by atoms with Gasteiger partial charge in [-0.2, -0.15) is 0 Å². The first kappa shape index (κ1) is 12.1. The van der Waals surface area contributed by atoms with Crippen LogP contribution in [0.25, 0.3) is 0 Å². The minimum Gasteiger partial charge on any atom is -0.396 e. The molecule has 0 aliphatic heterocycles. The summed E-state index contributed by atoms with van der Waals surface area (Å²) in [5.74, 6) is 0.461. The van der Waals surface area contributed by atoms with Crippen LogP contribution in [0.2, 0.25) is 0 Å². The molecule has 0 saturated heterocycles. The third-order valence-corrected chi connectivity index (χ3v) is 4.85. The average Bonchev–Trinajstić information content (AvgIpc) is 2.86. The lowest BCUT2D eigenvalue weighted by atomic mass is 10.0. The number of nitrogens with one attached hydrogen (secondary N) is 1. The molecule has 1 aromatic heterocycles. The first-order chi connectivity index (χ1) is 7.72. The van der Waals surface area contributed by atoms with E-state index in [0.29, 0.717) is 24.6 Å². The fraction of sp³-hybridized carbons (Fsp3) is 0.692. The number of hydrogen-bond donors (Lipinski definition) is 2. The molecular weight excluding hydrogens is 218 g/mol. The van der Waals surface area contributed by atoms with Crippen LogP contribution in [0.5, 0.6) is 0 Å². The Morgan fingerprint density at radius 1 is 1.56 bits per heavy atom. The van der Waals surface area contributed by atoms with Crippen molar-refractivity contribution in [3.8, 4) is 0 Å². The van der Waals surface area contributed by atoms with Crippen LogP contribution in [0.1, 0.15) is 42.7 Å². The number of aliphatic hydroxyl groups excluding tert-OH is 1. The molecule has 2 N–H and O–H groups in total. The highest BCUT2D eigenvalue weighted by atomic mass is 32.1. The molecule has 0 spiro atoms. The SMILES string of the molecule is Cc1ccsc1[C@H](C)N[C@@H]1CCC[C@@H]1CO. The number of rotatable bonds is 4. The molecule has 1 heterocycles. The zero-order valence-corrected chi connectivity index (χ0v) is 10.9. The van der Waals surface area contributed by atoms with Crippen LogP contribution in [0.15, 0.2) is 11.4 Å². The molecule has 2 rings (SSSR count). The van der Waals surface area contributed by atoms with E-state index in [9.17, 15) is 5.11 Å². The predicted octanol–water partition coefficient (Wildman–Crippen LogP) is 2.87. The van der Waals surface area contributed by atoms with Gasteiger partial charge in [-0.3, -0.25) is 0 Å². The van der Waals surface area contributed by atoms with E-state index in [1.807, 2.05) is 11.3 Å². The second kappa shape index (κ2) is 5.30. The fourth-order valence-corrected chi connectivity index (χ4v) is 3.64. The predicted molar refractivity (Wildman–Crippen MR) is 68.8 cm³/mol. The molecule has 0 radical (unpaired) electrons. The van der Waals surface area contributed by atoms with Crippen molar-refractivity contribution in [1.82, 2.24) is 5.32 Å². The second-order valence-electron chi connectivity index (χ2n) is 4.84. The zero-order chi connectivity index (χ0) is 11.5. The number of aryl methyl sites for hydroxylation is 1. The van der Waals surface area contributed by atoms with Gasteiger partial charge in [-0.1, -0.05) is 6.42 Å². The monoisotopic (exact) mass is 239 g/mol. The van der Waals surface area contributed by atoms with Gasteiger partial charge in [0.2, 0.25) is 0 Å². The molecule has 90 valence electrons. The molecule has 1 aromatic rings. The Labute approximate surface area is 102 Å². The van der Waals surface area contributed by atoms with E-state index in [4.69, 9.17) is 0 Å². The number of hydrogen-bond acceptors (Lipinski definition) is 3. The first-order valence-corrected chi connectivity index (χ1v) is 7.01. The Morgan fingerprint density at radius 2 is 2.38 bits per heavy atom. The molecule has 3 heteroatoms. The molecule has 0 aromatic carbocycles. The van der Waals surface area contributed by atoms with Crippen LogP contribution in [0, 0.1) is 12.8 Å². The van der Waals surface area contributed by atoms with Crippen molar-refractivity contribution >= 4 is 11.3 Å². The van der Waals surface area contributed by atoms with Crippen molar-refractivity contribution in [2.24, 2.45) is 5.92 Å². The highest BCUT2D eigenvalue weighted by Crippen LogP contribution is 2.29. The van der Waals surface area contributed by atoms with Crippen molar-refractivity contribution < 1.29 is 5.11 Å². The van der Waals surface area contributed by atoms with Gasteiger partial charge >= 0.3 is 0 Å². The summed E-state index contributed by atoms with van der Waals surface area (Å²) in [6, 6.07) is 3.09. The minimum atomic E-state index is 0.327. The Hall–Kier alpha value is -0.380. The third-order valence-electron chi connectivity index (χ3n) is 3.65. The molecule has 0 amide bonds. The summed E-state index contributed by atoms with van der Waals surface area (Å²) in [5, 5.41) is 15.1. The Balaban J connectivity index is 1.97. The van der Waals surface area contributed by atoms with Crippen molar-refractivity contribution in [2.45, 2.75) is 45.2 Å². The van der Waals surface area contributed by atoms with E-state index in [-0.39, 0.29) is 0 Å². The third kappa shape index (κ3) is 2.47. The lowest BCUT2D eigenvalue weighted by molar-refractivity contribution is 0.201. The van der Waals surface area contributed by atoms with Gasteiger partial charge < -0.3 is 10.4 Å². The molecule has 1 saturated carbocycles. The van der Waals surface area contributed by atoms with Gasteiger partial charge in [-0.15, -0.1) is 11.3 Å². The van der Waals surface area contributed by atoms with Gasteiger partial charge in [0.25, 0.3) is 0 Å². The van der Waals surface area contributed by atoms with Crippen LogP contribution in [-0.2, 0) is 0 Å². The standard InChI is InChI=1S/C13H21NOS/c1-9-6-7-16-13(9)10(2)14-12-5-3-4-11(12)8-15/h6-7,10-12,14-15H,3-5,8H2,1-2H3/t10-,11+,12+/m0/s1. The van der Waals surface area contributed by atoms with Gasteiger partial charge in [-0.05, 0) is 49.6 Å². The molecule has 0 bridgehead atoms. The topological polar surface area (TPSA) is 32.3 Å². The van der Waals surface area contributed by atoms with E-state index in [1.54, 1.807) is 0 Å². The normalized spacial score (nSPS) is 27.2. The molecule has 1 fully saturated rings. The van der Waals surface area contributed by atoms with Crippen LogP contribution in [0.4, 0.5) is 0 Å². The first-order valence-electron chi connectivity index (χ1n) is 6.13. The fourth-order valence-electron chi connectivity index (χ4n) is 2.70. The summed E-state index contributed by atoms with van der Waals surface area (Å²) in [6.45, 7) is 4.72. The highest BCUT2D eigenvalue weighted by molar-refractivity contribution is 7.10. The Kier molecular flexibility index (Phi) is 4.00. The number of thiophene rings is 1. The summed E-state index contributed by atoms with van der Waals surface area (Å²) in [5.41, 5.74) is 1.38.